The minimum absolute atomic E-state index is 0.373. The fourth-order valence-electron chi connectivity index (χ4n) is 1.20. The quantitative estimate of drug-likeness (QED) is 0.522. The molecule has 1 heterocycles. The largest absolute Gasteiger partial charge is 0.573 e. The van der Waals surface area contributed by atoms with Crippen LogP contribution in [0.25, 0.3) is 0 Å². The van der Waals surface area contributed by atoms with Gasteiger partial charge < -0.3 is 9.84 Å². The number of pyridine rings is 1. The zero-order valence-electron chi connectivity index (χ0n) is 8.82. The molecule has 11 heteroatoms. The molecule has 1 aromatic heterocycles. The molecule has 0 fully saturated rings. The van der Waals surface area contributed by atoms with Crippen LogP contribution in [0.3, 0.4) is 0 Å². The summed E-state index contributed by atoms with van der Waals surface area (Å²) < 4.78 is 64.5. The molecule has 0 saturated carbocycles. The molecule has 0 aliphatic heterocycles. The lowest BCUT2D eigenvalue weighted by Gasteiger charge is -2.12. The summed E-state index contributed by atoms with van der Waals surface area (Å²) in [4.78, 5) is 12.1. The van der Waals surface area contributed by atoms with Gasteiger partial charge in [0.05, 0.1) is 17.2 Å². The second kappa shape index (κ2) is 5.30. The molecule has 1 aromatic rings. The summed E-state index contributed by atoms with van der Waals surface area (Å²) >= 11 is 0. The van der Waals surface area contributed by atoms with Crippen molar-refractivity contribution in [1.82, 2.24) is 4.98 Å². The van der Waals surface area contributed by atoms with Gasteiger partial charge in [-0.1, -0.05) is 0 Å². The van der Waals surface area contributed by atoms with Gasteiger partial charge in [0, 0.05) is 6.07 Å². The van der Waals surface area contributed by atoms with Crippen LogP contribution in [0.1, 0.15) is 17.8 Å². The molecule has 19 heavy (non-hydrogen) atoms. The van der Waals surface area contributed by atoms with Gasteiger partial charge in [-0.3, -0.25) is 10.1 Å². The van der Waals surface area contributed by atoms with E-state index >= 15 is 0 Å². The summed E-state index contributed by atoms with van der Waals surface area (Å²) in [6.45, 7) is -0.980. The molecule has 0 spiro atoms. The Bertz CT molecular complexity index is 491. The third-order valence-electron chi connectivity index (χ3n) is 1.81. The van der Waals surface area contributed by atoms with E-state index in [0.29, 0.717) is 6.07 Å². The number of nitrogens with zero attached hydrogens (tertiary/aromatic N) is 2. The topological polar surface area (TPSA) is 85.5 Å². The SMILES string of the molecule is O=[N+]([O-])c1c(OC(F)(F)F)cc(CO)nc1C(F)F. The number of aromatic nitrogens is 1. The number of aliphatic hydroxyl groups is 1. The van der Waals surface area contributed by atoms with Gasteiger partial charge in [-0.25, -0.2) is 13.8 Å². The van der Waals surface area contributed by atoms with Gasteiger partial charge in [0.2, 0.25) is 5.75 Å². The van der Waals surface area contributed by atoms with E-state index in [0.717, 1.165) is 0 Å². The summed E-state index contributed by atoms with van der Waals surface area (Å²) in [6.07, 6.45) is -8.81. The first-order valence-corrected chi connectivity index (χ1v) is 4.48. The zero-order chi connectivity index (χ0) is 14.8. The van der Waals surface area contributed by atoms with Crippen LogP contribution < -0.4 is 4.74 Å². The molecule has 1 rings (SSSR count). The Balaban J connectivity index is 3.48. The van der Waals surface area contributed by atoms with Crippen molar-refractivity contribution in [2.24, 2.45) is 0 Å². The van der Waals surface area contributed by atoms with E-state index in [9.17, 15) is 32.1 Å². The highest BCUT2D eigenvalue weighted by atomic mass is 19.4. The monoisotopic (exact) mass is 288 g/mol. The summed E-state index contributed by atoms with van der Waals surface area (Å²) in [5.41, 5.74) is -3.71. The maximum atomic E-state index is 12.5. The minimum atomic E-state index is -5.31. The zero-order valence-corrected chi connectivity index (χ0v) is 8.82. The lowest BCUT2D eigenvalue weighted by Crippen LogP contribution is -2.19. The Kier molecular flexibility index (Phi) is 4.19. The van der Waals surface area contributed by atoms with E-state index < -0.39 is 47.1 Å². The van der Waals surface area contributed by atoms with Gasteiger partial charge >= 0.3 is 12.0 Å². The minimum Gasteiger partial charge on any atom is -0.398 e. The van der Waals surface area contributed by atoms with Crippen LogP contribution in [-0.4, -0.2) is 21.4 Å². The smallest absolute Gasteiger partial charge is 0.398 e. The molecule has 0 aromatic carbocycles. The molecule has 0 unspecified atom stereocenters. The van der Waals surface area contributed by atoms with Crippen molar-refractivity contribution in [3.8, 4) is 5.75 Å². The highest BCUT2D eigenvalue weighted by Crippen LogP contribution is 2.38. The standard InChI is InChI=1S/C8H5F5N2O4/c9-7(10)5-6(15(17)18)4(19-8(11,12)13)1-3(2-16)14-5/h1,7,16H,2H2. The average Bonchev–Trinajstić information content (AvgIpc) is 2.24. The number of hydrogen-bond acceptors (Lipinski definition) is 5. The van der Waals surface area contributed by atoms with Gasteiger partial charge in [0.25, 0.3) is 6.43 Å². The first-order chi connectivity index (χ1) is 8.65. The van der Waals surface area contributed by atoms with E-state index in [-0.39, 0.29) is 0 Å². The van der Waals surface area contributed by atoms with Crippen LogP contribution in [0.2, 0.25) is 0 Å². The number of alkyl halides is 5. The predicted octanol–water partition coefficient (Wildman–Crippen LogP) is 2.32. The lowest BCUT2D eigenvalue weighted by molar-refractivity contribution is -0.390. The fourth-order valence-corrected chi connectivity index (χ4v) is 1.20. The van der Waals surface area contributed by atoms with Gasteiger partial charge in [0.15, 0.2) is 5.69 Å². The van der Waals surface area contributed by atoms with Crippen molar-refractivity contribution in [3.63, 3.8) is 0 Å². The van der Waals surface area contributed by atoms with Crippen molar-refractivity contribution < 1.29 is 36.7 Å². The highest BCUT2D eigenvalue weighted by molar-refractivity contribution is 5.51. The molecule has 0 bridgehead atoms. The molecule has 1 N–H and O–H groups in total. The summed E-state index contributed by atoms with van der Waals surface area (Å²) in [7, 11) is 0. The Hall–Kier alpha value is -2.04. The van der Waals surface area contributed by atoms with E-state index in [1.165, 1.54) is 0 Å². The number of ether oxygens (including phenoxy) is 1. The average molecular weight is 288 g/mol. The molecular weight excluding hydrogens is 283 g/mol. The maximum absolute atomic E-state index is 12.5. The Morgan fingerprint density at radius 3 is 2.42 bits per heavy atom. The Morgan fingerprint density at radius 2 is 2.05 bits per heavy atom. The number of aliphatic hydroxyl groups excluding tert-OH is 1. The molecule has 0 atom stereocenters. The summed E-state index contributed by atoms with van der Waals surface area (Å²) in [6, 6.07) is 0.373. The second-order valence-electron chi connectivity index (χ2n) is 3.11. The molecule has 0 aliphatic carbocycles. The van der Waals surface area contributed by atoms with E-state index in [2.05, 4.69) is 9.72 Å². The number of rotatable bonds is 4. The number of halogens is 5. The molecule has 106 valence electrons. The van der Waals surface area contributed by atoms with Gasteiger partial charge in [-0.2, -0.15) is 0 Å². The second-order valence-corrected chi connectivity index (χ2v) is 3.11. The predicted molar refractivity (Wildman–Crippen MR) is 48.5 cm³/mol. The first kappa shape index (κ1) is 15.0. The van der Waals surface area contributed by atoms with Crippen LogP contribution in [-0.2, 0) is 6.61 Å². The van der Waals surface area contributed by atoms with Crippen LogP contribution in [0.15, 0.2) is 6.07 Å². The summed E-state index contributed by atoms with van der Waals surface area (Å²) in [5.74, 6) is -1.45. The lowest BCUT2D eigenvalue weighted by atomic mass is 10.2. The molecule has 0 radical (unpaired) electrons. The summed E-state index contributed by atoms with van der Waals surface area (Å²) in [5, 5.41) is 19.2. The molecule has 0 saturated heterocycles. The Morgan fingerprint density at radius 1 is 1.47 bits per heavy atom. The first-order valence-electron chi connectivity index (χ1n) is 4.48. The van der Waals surface area contributed by atoms with Crippen LogP contribution in [0, 0.1) is 10.1 Å². The van der Waals surface area contributed by atoms with Gasteiger partial charge in [0.1, 0.15) is 0 Å². The molecule has 6 nitrogen and oxygen atoms in total. The normalized spacial score (nSPS) is 11.7. The van der Waals surface area contributed by atoms with E-state index in [4.69, 9.17) is 5.11 Å². The van der Waals surface area contributed by atoms with Crippen molar-refractivity contribution >= 4 is 5.69 Å². The number of hydrogen-bond donors (Lipinski definition) is 1. The van der Waals surface area contributed by atoms with Gasteiger partial charge in [-0.05, 0) is 0 Å². The molecule has 0 amide bonds. The van der Waals surface area contributed by atoms with Crippen molar-refractivity contribution in [1.29, 1.82) is 0 Å². The molecule has 0 aliphatic rings. The van der Waals surface area contributed by atoms with Crippen LogP contribution >= 0.6 is 0 Å². The van der Waals surface area contributed by atoms with Crippen molar-refractivity contribution in [3.05, 3.63) is 27.6 Å². The molecular formula is C8H5F5N2O4. The Labute approximate surface area is 101 Å². The van der Waals surface area contributed by atoms with Crippen molar-refractivity contribution in [2.75, 3.05) is 0 Å². The third kappa shape index (κ3) is 3.71. The van der Waals surface area contributed by atoms with Crippen LogP contribution in [0.4, 0.5) is 27.6 Å². The fraction of sp³-hybridized carbons (Fsp3) is 0.375. The maximum Gasteiger partial charge on any atom is 0.573 e. The van der Waals surface area contributed by atoms with E-state index in [1.807, 2.05) is 0 Å². The highest BCUT2D eigenvalue weighted by Gasteiger charge is 2.38. The van der Waals surface area contributed by atoms with Crippen molar-refractivity contribution in [2.45, 2.75) is 19.4 Å². The van der Waals surface area contributed by atoms with E-state index in [1.54, 1.807) is 0 Å². The van der Waals surface area contributed by atoms with Gasteiger partial charge in [-0.15, -0.1) is 13.2 Å². The number of nitro groups is 1. The van der Waals surface area contributed by atoms with Crippen LogP contribution in [0.5, 0.6) is 5.75 Å². The third-order valence-corrected chi connectivity index (χ3v) is 1.81.